The molecular formula is C17H10ClFN2OS. The van der Waals surface area contributed by atoms with Gasteiger partial charge in [-0.25, -0.2) is 4.39 Å². The van der Waals surface area contributed by atoms with Crippen molar-refractivity contribution in [1.29, 1.82) is 0 Å². The molecule has 23 heavy (non-hydrogen) atoms. The fourth-order valence-corrected chi connectivity index (χ4v) is 3.42. The number of aromatic nitrogens is 1. The van der Waals surface area contributed by atoms with Gasteiger partial charge in [-0.3, -0.25) is 4.79 Å². The predicted molar refractivity (Wildman–Crippen MR) is 90.0 cm³/mol. The smallest absolute Gasteiger partial charge is 0.279 e. The van der Waals surface area contributed by atoms with Crippen LogP contribution >= 0.6 is 22.9 Å². The second-order valence-electron chi connectivity index (χ2n) is 4.71. The highest BCUT2D eigenvalue weighted by Crippen LogP contribution is 2.21. The van der Waals surface area contributed by atoms with Crippen molar-refractivity contribution in [3.63, 3.8) is 0 Å². The standard InChI is InChI=1S/C17H10ClFN2OS/c1-2-9-21-14-8-5-12(18)10-15(14)23-17(21)20-16(22)11-3-6-13(19)7-4-11/h1,3-8,10H,9H2. The molecule has 1 heterocycles. The van der Waals surface area contributed by atoms with Crippen molar-refractivity contribution < 1.29 is 9.18 Å². The highest BCUT2D eigenvalue weighted by atomic mass is 35.5. The molecule has 0 unspecified atom stereocenters. The topological polar surface area (TPSA) is 34.4 Å². The van der Waals surface area contributed by atoms with Gasteiger partial charge in [-0.05, 0) is 42.5 Å². The monoisotopic (exact) mass is 344 g/mol. The van der Waals surface area contributed by atoms with Crippen molar-refractivity contribution in [2.45, 2.75) is 6.54 Å². The number of carbonyl (C=O) groups is 1. The maximum atomic E-state index is 12.9. The van der Waals surface area contributed by atoms with Gasteiger partial charge in [-0.2, -0.15) is 4.99 Å². The SMILES string of the molecule is C#CCn1c(=NC(=O)c2ccc(F)cc2)sc2cc(Cl)ccc21. The number of nitrogens with zero attached hydrogens (tertiary/aromatic N) is 2. The number of fused-ring (bicyclic) bond motifs is 1. The highest BCUT2D eigenvalue weighted by molar-refractivity contribution is 7.16. The second kappa shape index (κ2) is 6.37. The van der Waals surface area contributed by atoms with Crippen LogP contribution < -0.4 is 4.80 Å². The zero-order valence-electron chi connectivity index (χ0n) is 11.8. The van der Waals surface area contributed by atoms with E-state index in [0.717, 1.165) is 10.2 Å². The average molecular weight is 345 g/mol. The van der Waals surface area contributed by atoms with E-state index in [-0.39, 0.29) is 6.54 Å². The molecule has 2 aromatic carbocycles. The van der Waals surface area contributed by atoms with Gasteiger partial charge >= 0.3 is 0 Å². The quantitative estimate of drug-likeness (QED) is 0.650. The van der Waals surface area contributed by atoms with E-state index in [1.807, 2.05) is 6.07 Å². The minimum Gasteiger partial charge on any atom is -0.305 e. The lowest BCUT2D eigenvalue weighted by Gasteiger charge is -2.00. The molecule has 0 aliphatic rings. The Morgan fingerprint density at radius 1 is 1.30 bits per heavy atom. The summed E-state index contributed by atoms with van der Waals surface area (Å²) in [6.45, 7) is 0.289. The van der Waals surface area contributed by atoms with E-state index < -0.39 is 11.7 Å². The van der Waals surface area contributed by atoms with Crippen LogP contribution in [0.3, 0.4) is 0 Å². The van der Waals surface area contributed by atoms with Crippen molar-refractivity contribution in [1.82, 2.24) is 4.57 Å². The van der Waals surface area contributed by atoms with E-state index in [1.54, 1.807) is 16.7 Å². The number of rotatable bonds is 2. The van der Waals surface area contributed by atoms with Crippen LogP contribution in [0.5, 0.6) is 0 Å². The van der Waals surface area contributed by atoms with Crippen LogP contribution in [0.4, 0.5) is 4.39 Å². The number of hydrogen-bond acceptors (Lipinski definition) is 2. The number of hydrogen-bond donors (Lipinski definition) is 0. The minimum absolute atomic E-state index is 0.289. The molecule has 3 rings (SSSR count). The maximum absolute atomic E-state index is 12.9. The van der Waals surface area contributed by atoms with E-state index in [1.165, 1.54) is 35.6 Å². The van der Waals surface area contributed by atoms with E-state index >= 15 is 0 Å². The fourth-order valence-electron chi connectivity index (χ4n) is 2.12. The summed E-state index contributed by atoms with van der Waals surface area (Å²) in [5, 5.41) is 0.600. The van der Waals surface area contributed by atoms with Gasteiger partial charge in [-0.1, -0.05) is 28.9 Å². The third kappa shape index (κ3) is 3.19. The van der Waals surface area contributed by atoms with Crippen LogP contribution in [-0.4, -0.2) is 10.5 Å². The zero-order valence-corrected chi connectivity index (χ0v) is 13.4. The molecule has 6 heteroatoms. The molecule has 0 saturated carbocycles. The molecule has 0 atom stereocenters. The van der Waals surface area contributed by atoms with E-state index in [4.69, 9.17) is 18.0 Å². The lowest BCUT2D eigenvalue weighted by molar-refractivity contribution is 0.0998. The molecule has 3 nitrogen and oxygen atoms in total. The summed E-state index contributed by atoms with van der Waals surface area (Å²) in [5.74, 6) is 1.70. The van der Waals surface area contributed by atoms with Crippen LogP contribution in [0.1, 0.15) is 10.4 Å². The van der Waals surface area contributed by atoms with E-state index in [9.17, 15) is 9.18 Å². The maximum Gasteiger partial charge on any atom is 0.279 e. The summed E-state index contributed by atoms with van der Waals surface area (Å²) in [5.41, 5.74) is 1.18. The van der Waals surface area contributed by atoms with Crippen LogP contribution in [0, 0.1) is 18.2 Å². The number of terminal acetylenes is 1. The third-order valence-corrected chi connectivity index (χ3v) is 4.46. The Hall–Kier alpha value is -2.42. The van der Waals surface area contributed by atoms with Crippen molar-refractivity contribution in [2.24, 2.45) is 4.99 Å². The summed E-state index contributed by atoms with van der Waals surface area (Å²) in [4.78, 5) is 16.9. The molecule has 114 valence electrons. The molecular weight excluding hydrogens is 335 g/mol. The Balaban J connectivity index is 2.14. The van der Waals surface area contributed by atoms with Crippen molar-refractivity contribution in [3.8, 4) is 12.3 Å². The molecule has 3 aromatic rings. The Bertz CT molecular complexity index is 996. The predicted octanol–water partition coefficient (Wildman–Crippen LogP) is 3.87. The van der Waals surface area contributed by atoms with Gasteiger partial charge < -0.3 is 4.57 Å². The van der Waals surface area contributed by atoms with Gasteiger partial charge in [0.05, 0.1) is 16.8 Å². The first kappa shape index (κ1) is 15.5. The van der Waals surface area contributed by atoms with Gasteiger partial charge in [-0.15, -0.1) is 6.42 Å². The summed E-state index contributed by atoms with van der Waals surface area (Å²) < 4.78 is 15.6. The van der Waals surface area contributed by atoms with Crippen LogP contribution in [0.2, 0.25) is 5.02 Å². The minimum atomic E-state index is -0.451. The highest BCUT2D eigenvalue weighted by Gasteiger charge is 2.09. The summed E-state index contributed by atoms with van der Waals surface area (Å²) in [7, 11) is 0. The summed E-state index contributed by atoms with van der Waals surface area (Å²) >= 11 is 7.32. The van der Waals surface area contributed by atoms with E-state index in [2.05, 4.69) is 10.9 Å². The van der Waals surface area contributed by atoms with Crippen molar-refractivity contribution >= 4 is 39.1 Å². The molecule has 0 bridgehead atoms. The third-order valence-electron chi connectivity index (χ3n) is 3.18. The zero-order chi connectivity index (χ0) is 16.4. The Morgan fingerprint density at radius 3 is 2.74 bits per heavy atom. The molecule has 0 aliphatic heterocycles. The average Bonchev–Trinajstić information content (AvgIpc) is 2.85. The Labute approximate surface area is 140 Å². The number of thiazole rings is 1. The lowest BCUT2D eigenvalue weighted by Crippen LogP contribution is -2.16. The Morgan fingerprint density at radius 2 is 2.04 bits per heavy atom. The molecule has 0 radical (unpaired) electrons. The first-order chi connectivity index (χ1) is 11.1. The second-order valence-corrected chi connectivity index (χ2v) is 6.16. The van der Waals surface area contributed by atoms with Gasteiger partial charge in [0.15, 0.2) is 4.80 Å². The van der Waals surface area contributed by atoms with Crippen LogP contribution in [0.25, 0.3) is 10.2 Å². The van der Waals surface area contributed by atoms with Gasteiger partial charge in [0, 0.05) is 10.6 Å². The molecule has 0 saturated heterocycles. The molecule has 0 N–H and O–H groups in total. The normalized spacial score (nSPS) is 11.6. The molecule has 0 aliphatic carbocycles. The van der Waals surface area contributed by atoms with Crippen molar-refractivity contribution in [3.05, 3.63) is 63.7 Å². The number of amides is 1. The molecule has 1 aromatic heterocycles. The molecule has 0 spiro atoms. The Kier molecular flexibility index (Phi) is 4.28. The van der Waals surface area contributed by atoms with Gasteiger partial charge in [0.25, 0.3) is 5.91 Å². The number of benzene rings is 2. The largest absolute Gasteiger partial charge is 0.305 e. The fraction of sp³-hybridized carbons (Fsp3) is 0.0588. The van der Waals surface area contributed by atoms with Crippen molar-refractivity contribution in [2.75, 3.05) is 0 Å². The molecule has 0 fully saturated rings. The first-order valence-electron chi connectivity index (χ1n) is 6.65. The summed E-state index contributed by atoms with van der Waals surface area (Å²) in [6.07, 6.45) is 5.41. The number of halogens is 2. The van der Waals surface area contributed by atoms with Gasteiger partial charge in [0.2, 0.25) is 0 Å². The number of carbonyl (C=O) groups excluding carboxylic acids is 1. The van der Waals surface area contributed by atoms with Crippen LogP contribution in [-0.2, 0) is 6.54 Å². The van der Waals surface area contributed by atoms with E-state index in [0.29, 0.717) is 15.4 Å². The van der Waals surface area contributed by atoms with Crippen LogP contribution in [0.15, 0.2) is 47.5 Å². The van der Waals surface area contributed by atoms with Gasteiger partial charge in [0.1, 0.15) is 5.82 Å². The summed E-state index contributed by atoms with van der Waals surface area (Å²) in [6, 6.07) is 10.7. The first-order valence-corrected chi connectivity index (χ1v) is 7.85. The lowest BCUT2D eigenvalue weighted by atomic mass is 10.2. The molecule has 1 amide bonds.